The molecular weight excluding hydrogens is 589 g/mol. The number of hydrogen-bond acceptors (Lipinski definition) is 0. The molecule has 9 rings (SSSR count). The molecule has 0 heterocycles. The minimum absolute atomic E-state index is 1.22. The van der Waals surface area contributed by atoms with Gasteiger partial charge in [0.05, 0.1) is 0 Å². The molecule has 230 valence electrons. The maximum atomic E-state index is 2.45. The monoisotopic (exact) mass is 622 g/mol. The molecule has 0 atom stereocenters. The van der Waals surface area contributed by atoms with Crippen molar-refractivity contribution in [1.29, 1.82) is 0 Å². The van der Waals surface area contributed by atoms with Crippen LogP contribution in [0, 0.1) is 6.92 Å². The van der Waals surface area contributed by atoms with Gasteiger partial charge in [0.15, 0.2) is 0 Å². The Labute approximate surface area is 287 Å². The molecular formula is C49H34. The summed E-state index contributed by atoms with van der Waals surface area (Å²) in [5.74, 6) is 0. The Bertz CT molecular complexity index is 2530. The Kier molecular flexibility index (Phi) is 7.14. The summed E-state index contributed by atoms with van der Waals surface area (Å²) >= 11 is 0. The minimum Gasteiger partial charge on any atom is -0.0622 e. The van der Waals surface area contributed by atoms with E-state index >= 15 is 0 Å². The smallest absolute Gasteiger partial charge is 0.00921 e. The second-order valence-electron chi connectivity index (χ2n) is 12.9. The lowest BCUT2D eigenvalue weighted by Crippen LogP contribution is -1.93. The Morgan fingerprint density at radius 3 is 0.694 bits per heavy atom. The van der Waals surface area contributed by atoms with Gasteiger partial charge in [0.2, 0.25) is 0 Å². The number of aryl methyl sites for hydroxylation is 1. The van der Waals surface area contributed by atoms with Gasteiger partial charge in [-0.15, -0.1) is 0 Å². The van der Waals surface area contributed by atoms with E-state index in [0.29, 0.717) is 0 Å². The van der Waals surface area contributed by atoms with Crippen molar-refractivity contribution >= 4 is 32.3 Å². The third kappa shape index (κ3) is 5.10. The van der Waals surface area contributed by atoms with Crippen LogP contribution >= 0.6 is 0 Å². The van der Waals surface area contributed by atoms with Crippen LogP contribution in [0.5, 0.6) is 0 Å². The molecule has 0 radical (unpaired) electrons. The Balaban J connectivity index is 1.48. The normalized spacial score (nSPS) is 11.4. The molecule has 0 aliphatic heterocycles. The van der Waals surface area contributed by atoms with Crippen molar-refractivity contribution in [2.24, 2.45) is 0 Å². The topological polar surface area (TPSA) is 0 Å². The first-order chi connectivity index (χ1) is 24.2. The van der Waals surface area contributed by atoms with Gasteiger partial charge < -0.3 is 0 Å². The van der Waals surface area contributed by atoms with E-state index in [9.17, 15) is 0 Å². The summed E-state index contributed by atoms with van der Waals surface area (Å²) < 4.78 is 0. The van der Waals surface area contributed by atoms with E-state index in [1.54, 1.807) is 0 Å². The lowest BCUT2D eigenvalue weighted by atomic mass is 9.83. The first kappa shape index (κ1) is 28.9. The molecule has 0 fully saturated rings. The molecule has 0 saturated carbocycles. The predicted molar refractivity (Wildman–Crippen MR) is 211 cm³/mol. The van der Waals surface area contributed by atoms with Crippen LogP contribution in [0.4, 0.5) is 0 Å². The van der Waals surface area contributed by atoms with Crippen LogP contribution < -0.4 is 0 Å². The third-order valence-corrected chi connectivity index (χ3v) is 9.97. The standard InChI is InChI=1S/C49H34/c1-33-27-44-45(28-39(33)34-17-7-2-8-18-34)47-30-41(36-21-11-4-12-22-36)43(38-25-15-6-16-26-38)32-49(47)48-31-42(37-23-13-5-14-24-37)40(29-46(44)48)35-19-9-3-10-20-35/h2-32H,1H3. The van der Waals surface area contributed by atoms with Crippen LogP contribution in [-0.4, -0.2) is 0 Å². The van der Waals surface area contributed by atoms with E-state index in [4.69, 9.17) is 0 Å². The molecule has 0 spiro atoms. The van der Waals surface area contributed by atoms with Crippen molar-refractivity contribution in [3.63, 3.8) is 0 Å². The quantitative estimate of drug-likeness (QED) is 0.168. The van der Waals surface area contributed by atoms with Crippen LogP contribution in [0.1, 0.15) is 5.56 Å². The molecule has 0 nitrogen and oxygen atoms in total. The summed E-state index contributed by atoms with van der Waals surface area (Å²) in [7, 11) is 0. The predicted octanol–water partition coefficient (Wildman–Crippen LogP) is 13.8. The average Bonchev–Trinajstić information content (AvgIpc) is 3.18. The number of fused-ring (bicyclic) bond motifs is 6. The fourth-order valence-electron chi connectivity index (χ4n) is 7.60. The van der Waals surface area contributed by atoms with E-state index in [0.717, 1.165) is 0 Å². The highest BCUT2D eigenvalue weighted by Gasteiger charge is 2.19. The summed E-state index contributed by atoms with van der Waals surface area (Å²) in [5.41, 5.74) is 13.6. The molecule has 0 aromatic heterocycles. The molecule has 0 unspecified atom stereocenters. The molecule has 0 aliphatic carbocycles. The van der Waals surface area contributed by atoms with Gasteiger partial charge in [-0.25, -0.2) is 0 Å². The maximum absolute atomic E-state index is 2.45. The van der Waals surface area contributed by atoms with Crippen LogP contribution in [0.25, 0.3) is 88.0 Å². The largest absolute Gasteiger partial charge is 0.0622 e. The van der Waals surface area contributed by atoms with Crippen molar-refractivity contribution in [3.8, 4) is 55.6 Å². The van der Waals surface area contributed by atoms with Crippen molar-refractivity contribution in [1.82, 2.24) is 0 Å². The van der Waals surface area contributed by atoms with Gasteiger partial charge >= 0.3 is 0 Å². The molecule has 49 heavy (non-hydrogen) atoms. The minimum atomic E-state index is 1.22. The van der Waals surface area contributed by atoms with Crippen LogP contribution in [0.15, 0.2) is 188 Å². The Morgan fingerprint density at radius 1 is 0.224 bits per heavy atom. The zero-order valence-electron chi connectivity index (χ0n) is 27.4. The molecule has 9 aromatic carbocycles. The Hall–Kier alpha value is -6.24. The second-order valence-corrected chi connectivity index (χ2v) is 12.9. The zero-order chi connectivity index (χ0) is 32.7. The summed E-state index contributed by atoms with van der Waals surface area (Å²) in [4.78, 5) is 0. The lowest BCUT2D eigenvalue weighted by molar-refractivity contribution is 1.49. The average molecular weight is 623 g/mol. The van der Waals surface area contributed by atoms with Gasteiger partial charge in [-0.05, 0) is 131 Å². The van der Waals surface area contributed by atoms with Gasteiger partial charge in [0.25, 0.3) is 0 Å². The highest BCUT2D eigenvalue weighted by molar-refractivity contribution is 6.28. The van der Waals surface area contributed by atoms with Crippen LogP contribution in [0.2, 0.25) is 0 Å². The zero-order valence-corrected chi connectivity index (χ0v) is 27.4. The van der Waals surface area contributed by atoms with Crippen LogP contribution in [0.3, 0.4) is 0 Å². The SMILES string of the molecule is Cc1cc2c(cc1-c1ccccc1)c1cc(-c3ccccc3)c(-c3ccccc3)cc1c1cc(-c3ccccc3)c(-c3ccccc3)cc21. The van der Waals surface area contributed by atoms with E-state index in [1.165, 1.54) is 93.5 Å². The fraction of sp³-hybridized carbons (Fsp3) is 0.0204. The third-order valence-electron chi connectivity index (χ3n) is 9.97. The fourth-order valence-corrected chi connectivity index (χ4v) is 7.60. The maximum Gasteiger partial charge on any atom is -0.00921 e. The van der Waals surface area contributed by atoms with E-state index in [2.05, 4.69) is 195 Å². The van der Waals surface area contributed by atoms with Gasteiger partial charge in [0.1, 0.15) is 0 Å². The van der Waals surface area contributed by atoms with E-state index in [-0.39, 0.29) is 0 Å². The van der Waals surface area contributed by atoms with Gasteiger partial charge in [-0.3, -0.25) is 0 Å². The van der Waals surface area contributed by atoms with Crippen molar-refractivity contribution in [2.75, 3.05) is 0 Å². The van der Waals surface area contributed by atoms with Crippen molar-refractivity contribution in [3.05, 3.63) is 194 Å². The van der Waals surface area contributed by atoms with E-state index < -0.39 is 0 Å². The Morgan fingerprint density at radius 2 is 0.429 bits per heavy atom. The molecule has 9 aromatic rings. The highest BCUT2D eigenvalue weighted by Crippen LogP contribution is 2.46. The van der Waals surface area contributed by atoms with Gasteiger partial charge in [-0.1, -0.05) is 158 Å². The molecule has 0 bridgehead atoms. The van der Waals surface area contributed by atoms with Crippen molar-refractivity contribution < 1.29 is 0 Å². The van der Waals surface area contributed by atoms with Gasteiger partial charge in [-0.2, -0.15) is 0 Å². The van der Waals surface area contributed by atoms with Crippen molar-refractivity contribution in [2.45, 2.75) is 6.92 Å². The summed E-state index contributed by atoms with van der Waals surface area (Å²) in [5, 5.41) is 7.63. The number of rotatable bonds is 5. The molecule has 0 heteroatoms. The second kappa shape index (κ2) is 12.1. The van der Waals surface area contributed by atoms with Gasteiger partial charge in [0, 0.05) is 0 Å². The molecule has 0 amide bonds. The van der Waals surface area contributed by atoms with Crippen LogP contribution in [-0.2, 0) is 0 Å². The number of benzene rings is 9. The lowest BCUT2D eigenvalue weighted by Gasteiger charge is -2.20. The molecule has 0 saturated heterocycles. The summed E-state index contributed by atoms with van der Waals surface area (Å²) in [6.45, 7) is 2.25. The molecule has 0 N–H and O–H groups in total. The first-order valence-corrected chi connectivity index (χ1v) is 17.0. The first-order valence-electron chi connectivity index (χ1n) is 17.0. The number of hydrogen-bond donors (Lipinski definition) is 0. The van der Waals surface area contributed by atoms with E-state index in [1.807, 2.05) is 0 Å². The molecule has 0 aliphatic rings. The summed E-state index contributed by atoms with van der Waals surface area (Å²) in [6, 6.07) is 68.8. The summed E-state index contributed by atoms with van der Waals surface area (Å²) in [6.07, 6.45) is 0. The highest BCUT2D eigenvalue weighted by atomic mass is 14.2.